The molecule has 1 fully saturated rings. The summed E-state index contributed by atoms with van der Waals surface area (Å²) in [6, 6.07) is 0. The highest BCUT2D eigenvalue weighted by Crippen LogP contribution is 2.21. The molecule has 72 valence electrons. The van der Waals surface area contributed by atoms with Gasteiger partial charge in [0.15, 0.2) is 0 Å². The van der Waals surface area contributed by atoms with Crippen molar-refractivity contribution in [2.75, 3.05) is 19.3 Å². The van der Waals surface area contributed by atoms with Gasteiger partial charge in [0.1, 0.15) is 0 Å². The smallest absolute Gasteiger partial charge is 0.211 e. The second kappa shape index (κ2) is 3.32. The Morgan fingerprint density at radius 3 is 2.42 bits per heavy atom. The van der Waals surface area contributed by atoms with Crippen LogP contribution >= 0.6 is 0 Å². The highest BCUT2D eigenvalue weighted by molar-refractivity contribution is 7.88. The van der Waals surface area contributed by atoms with E-state index in [-0.39, 0.29) is 5.92 Å². The van der Waals surface area contributed by atoms with Crippen molar-refractivity contribution in [2.45, 2.75) is 19.4 Å². The van der Waals surface area contributed by atoms with Gasteiger partial charge in [0, 0.05) is 13.1 Å². The monoisotopic (exact) mass is 193 g/mol. The van der Waals surface area contributed by atoms with Crippen molar-refractivity contribution in [1.29, 1.82) is 0 Å². The van der Waals surface area contributed by atoms with Crippen LogP contribution < -0.4 is 0 Å². The van der Waals surface area contributed by atoms with E-state index in [1.54, 1.807) is 6.92 Å². The first-order valence-electron chi connectivity index (χ1n) is 4.04. The fourth-order valence-electron chi connectivity index (χ4n) is 1.45. The molecule has 0 saturated carbocycles. The van der Waals surface area contributed by atoms with Gasteiger partial charge < -0.3 is 5.11 Å². The molecule has 5 heteroatoms. The highest BCUT2D eigenvalue weighted by Gasteiger charge is 2.30. The summed E-state index contributed by atoms with van der Waals surface area (Å²) in [6.07, 6.45) is 1.57. The Hall–Kier alpha value is -0.130. The average Bonchev–Trinajstić information content (AvgIpc) is 2.30. The first kappa shape index (κ1) is 9.95. The minimum atomic E-state index is -3.05. The minimum absolute atomic E-state index is 0.111. The number of hydrogen-bond acceptors (Lipinski definition) is 3. The molecular formula is C7H15NO3S. The Kier molecular flexibility index (Phi) is 2.75. The Morgan fingerprint density at radius 1 is 1.58 bits per heavy atom. The summed E-state index contributed by atoms with van der Waals surface area (Å²) in [6.45, 7) is 2.72. The maximum Gasteiger partial charge on any atom is 0.211 e. The van der Waals surface area contributed by atoms with E-state index in [1.807, 2.05) is 0 Å². The Morgan fingerprint density at radius 2 is 2.17 bits per heavy atom. The molecule has 0 aromatic carbocycles. The number of nitrogens with zero attached hydrogens (tertiary/aromatic N) is 1. The molecule has 0 aliphatic carbocycles. The van der Waals surface area contributed by atoms with Crippen LogP contribution in [0.25, 0.3) is 0 Å². The first-order chi connectivity index (χ1) is 5.41. The zero-order valence-electron chi connectivity index (χ0n) is 7.40. The van der Waals surface area contributed by atoms with Crippen molar-refractivity contribution >= 4 is 10.0 Å². The van der Waals surface area contributed by atoms with Gasteiger partial charge in [0.2, 0.25) is 10.0 Å². The van der Waals surface area contributed by atoms with Crippen molar-refractivity contribution in [2.24, 2.45) is 5.92 Å². The van der Waals surface area contributed by atoms with E-state index in [0.717, 1.165) is 6.42 Å². The molecule has 12 heavy (non-hydrogen) atoms. The van der Waals surface area contributed by atoms with Crippen molar-refractivity contribution in [1.82, 2.24) is 4.31 Å². The molecule has 1 aliphatic rings. The molecule has 1 saturated heterocycles. The second-order valence-corrected chi connectivity index (χ2v) is 5.39. The molecular weight excluding hydrogens is 178 g/mol. The minimum Gasteiger partial charge on any atom is -0.393 e. The SMILES string of the molecule is CC(O)C1CCN(S(C)(=O)=O)C1. The zero-order chi connectivity index (χ0) is 9.35. The lowest BCUT2D eigenvalue weighted by Crippen LogP contribution is -2.29. The van der Waals surface area contributed by atoms with E-state index in [4.69, 9.17) is 0 Å². The van der Waals surface area contributed by atoms with E-state index < -0.39 is 16.1 Å². The summed E-state index contributed by atoms with van der Waals surface area (Å²) in [4.78, 5) is 0. The van der Waals surface area contributed by atoms with Crippen molar-refractivity contribution in [3.8, 4) is 0 Å². The van der Waals surface area contributed by atoms with Gasteiger partial charge in [-0.15, -0.1) is 0 Å². The molecule has 1 rings (SSSR count). The fourth-order valence-corrected chi connectivity index (χ4v) is 2.35. The maximum absolute atomic E-state index is 11.0. The van der Waals surface area contributed by atoms with Gasteiger partial charge in [0.25, 0.3) is 0 Å². The number of rotatable bonds is 2. The van der Waals surface area contributed by atoms with Crippen LogP contribution in [0.5, 0.6) is 0 Å². The third-order valence-electron chi connectivity index (χ3n) is 2.34. The summed E-state index contributed by atoms with van der Waals surface area (Å²) in [7, 11) is -3.05. The topological polar surface area (TPSA) is 57.6 Å². The van der Waals surface area contributed by atoms with Gasteiger partial charge >= 0.3 is 0 Å². The van der Waals surface area contributed by atoms with Crippen LogP contribution in [0.15, 0.2) is 0 Å². The first-order valence-corrected chi connectivity index (χ1v) is 5.89. The van der Waals surface area contributed by atoms with Crippen LogP contribution in [-0.4, -0.2) is 43.3 Å². The van der Waals surface area contributed by atoms with Gasteiger partial charge in [-0.2, -0.15) is 0 Å². The van der Waals surface area contributed by atoms with Crippen LogP contribution in [-0.2, 0) is 10.0 Å². The predicted octanol–water partition coefficient (Wildman–Crippen LogP) is -0.351. The maximum atomic E-state index is 11.0. The molecule has 0 aromatic rings. The largest absolute Gasteiger partial charge is 0.393 e. The lowest BCUT2D eigenvalue weighted by molar-refractivity contribution is 0.133. The summed E-state index contributed by atoms with van der Waals surface area (Å²) in [5, 5.41) is 9.21. The van der Waals surface area contributed by atoms with E-state index in [1.165, 1.54) is 10.6 Å². The molecule has 1 N–H and O–H groups in total. The van der Waals surface area contributed by atoms with Crippen LogP contribution in [0.2, 0.25) is 0 Å². The quantitative estimate of drug-likeness (QED) is 0.652. The predicted molar refractivity (Wildman–Crippen MR) is 46.2 cm³/mol. The Labute approximate surface area is 73.2 Å². The van der Waals surface area contributed by atoms with Gasteiger partial charge in [-0.3, -0.25) is 0 Å². The highest BCUT2D eigenvalue weighted by atomic mass is 32.2. The van der Waals surface area contributed by atoms with Crippen molar-refractivity contribution in [3.05, 3.63) is 0 Å². The van der Waals surface area contributed by atoms with Gasteiger partial charge in [-0.1, -0.05) is 0 Å². The molecule has 1 aliphatic heterocycles. The Bertz CT molecular complexity index is 247. The normalized spacial score (nSPS) is 29.1. The summed E-state index contributed by atoms with van der Waals surface area (Å²) >= 11 is 0. The summed E-state index contributed by atoms with van der Waals surface area (Å²) < 4.78 is 23.5. The van der Waals surface area contributed by atoms with Crippen molar-refractivity contribution < 1.29 is 13.5 Å². The lowest BCUT2D eigenvalue weighted by atomic mass is 10.0. The number of sulfonamides is 1. The van der Waals surface area contributed by atoms with Crippen LogP contribution in [0, 0.1) is 5.92 Å². The summed E-state index contributed by atoms with van der Waals surface area (Å²) in [5.74, 6) is 0.111. The van der Waals surface area contributed by atoms with E-state index in [0.29, 0.717) is 13.1 Å². The standard InChI is InChI=1S/C7H15NO3S/c1-6(9)7-3-4-8(5-7)12(2,10)11/h6-7,9H,3-5H2,1-2H3. The van der Waals surface area contributed by atoms with E-state index in [2.05, 4.69) is 0 Å². The fraction of sp³-hybridized carbons (Fsp3) is 1.00. The molecule has 0 radical (unpaired) electrons. The van der Waals surface area contributed by atoms with E-state index in [9.17, 15) is 13.5 Å². The third-order valence-corrected chi connectivity index (χ3v) is 3.61. The number of hydrogen-bond donors (Lipinski definition) is 1. The second-order valence-electron chi connectivity index (χ2n) is 3.41. The van der Waals surface area contributed by atoms with Crippen LogP contribution in [0.1, 0.15) is 13.3 Å². The molecule has 0 aromatic heterocycles. The molecule has 2 atom stereocenters. The molecule has 1 heterocycles. The van der Waals surface area contributed by atoms with Gasteiger partial charge in [-0.25, -0.2) is 12.7 Å². The number of aliphatic hydroxyl groups excluding tert-OH is 1. The van der Waals surface area contributed by atoms with Crippen LogP contribution in [0.3, 0.4) is 0 Å². The van der Waals surface area contributed by atoms with Crippen molar-refractivity contribution in [3.63, 3.8) is 0 Å². The average molecular weight is 193 g/mol. The molecule has 4 nitrogen and oxygen atoms in total. The molecule has 0 spiro atoms. The van der Waals surface area contributed by atoms with Crippen LogP contribution in [0.4, 0.5) is 0 Å². The third kappa shape index (κ3) is 2.18. The Balaban J connectivity index is 2.58. The van der Waals surface area contributed by atoms with Gasteiger partial charge in [0.05, 0.1) is 12.4 Å². The molecule has 2 unspecified atom stereocenters. The lowest BCUT2D eigenvalue weighted by Gasteiger charge is -2.14. The summed E-state index contributed by atoms with van der Waals surface area (Å²) in [5.41, 5.74) is 0. The molecule has 0 bridgehead atoms. The zero-order valence-corrected chi connectivity index (χ0v) is 8.21. The van der Waals surface area contributed by atoms with Gasteiger partial charge in [-0.05, 0) is 19.3 Å². The number of aliphatic hydroxyl groups is 1. The van der Waals surface area contributed by atoms with E-state index >= 15 is 0 Å². The molecule has 0 amide bonds.